The van der Waals surface area contributed by atoms with Gasteiger partial charge in [-0.3, -0.25) is 9.82 Å². The van der Waals surface area contributed by atoms with Gasteiger partial charge in [-0.2, -0.15) is 5.10 Å². The van der Waals surface area contributed by atoms with Crippen molar-refractivity contribution in [3.05, 3.63) is 42.7 Å². The van der Waals surface area contributed by atoms with Crippen LogP contribution in [0.3, 0.4) is 0 Å². The van der Waals surface area contributed by atoms with Crippen LogP contribution in [-0.4, -0.2) is 23.6 Å². The molecule has 0 atom stereocenters. The maximum Gasteiger partial charge on any atom is 0.262 e. The van der Waals surface area contributed by atoms with E-state index in [0.717, 1.165) is 0 Å². The number of sulfonamides is 1. The number of nitrogen functional groups attached to an aromatic ring is 1. The second kappa shape index (κ2) is 5.04. The molecule has 21 heavy (non-hydrogen) atoms. The van der Waals surface area contributed by atoms with Gasteiger partial charge in [-0.1, -0.05) is 0 Å². The fraction of sp³-hybridized carbons (Fsp3) is 0. The third-order valence-corrected chi connectivity index (χ3v) is 4.25. The highest BCUT2D eigenvalue weighted by Gasteiger charge is 2.15. The van der Waals surface area contributed by atoms with Crippen LogP contribution in [0.1, 0.15) is 0 Å². The minimum Gasteiger partial charge on any atom is -0.308 e. The van der Waals surface area contributed by atoms with E-state index in [0.29, 0.717) is 22.4 Å². The van der Waals surface area contributed by atoms with E-state index in [1.807, 2.05) is 0 Å². The molecule has 1 aromatic carbocycles. The monoisotopic (exact) mass is 304 g/mol. The molecule has 5 N–H and O–H groups in total. The molecule has 8 nitrogen and oxygen atoms in total. The molecule has 0 unspecified atom stereocenters. The van der Waals surface area contributed by atoms with Crippen LogP contribution < -0.4 is 16.0 Å². The van der Waals surface area contributed by atoms with Crippen molar-refractivity contribution >= 4 is 32.4 Å². The second-order valence-electron chi connectivity index (χ2n) is 4.29. The number of rotatable bonds is 4. The van der Waals surface area contributed by atoms with E-state index in [4.69, 9.17) is 5.84 Å². The Kier molecular flexibility index (Phi) is 3.20. The zero-order valence-corrected chi connectivity index (χ0v) is 11.6. The first-order valence-electron chi connectivity index (χ1n) is 5.97. The number of pyridine rings is 1. The maximum absolute atomic E-state index is 12.3. The molecule has 0 amide bonds. The fourth-order valence-corrected chi connectivity index (χ4v) is 2.94. The quantitative estimate of drug-likeness (QED) is 0.421. The number of hydrazine groups is 1. The van der Waals surface area contributed by atoms with Gasteiger partial charge in [0.2, 0.25) is 0 Å². The Morgan fingerprint density at radius 1 is 1.19 bits per heavy atom. The van der Waals surface area contributed by atoms with Crippen LogP contribution in [-0.2, 0) is 10.0 Å². The molecular weight excluding hydrogens is 292 g/mol. The average molecular weight is 304 g/mol. The minimum atomic E-state index is -3.67. The Bertz CT molecular complexity index is 876. The Morgan fingerprint density at radius 2 is 2.05 bits per heavy atom. The molecule has 0 bridgehead atoms. The second-order valence-corrected chi connectivity index (χ2v) is 5.97. The van der Waals surface area contributed by atoms with Crippen LogP contribution in [0, 0.1) is 0 Å². The highest BCUT2D eigenvalue weighted by Crippen LogP contribution is 2.21. The molecule has 2 heterocycles. The summed E-state index contributed by atoms with van der Waals surface area (Å²) in [6.07, 6.45) is 2.85. The van der Waals surface area contributed by atoms with E-state index < -0.39 is 10.0 Å². The normalized spacial score (nSPS) is 11.5. The van der Waals surface area contributed by atoms with Gasteiger partial charge < -0.3 is 5.43 Å². The third-order valence-electron chi connectivity index (χ3n) is 2.87. The highest BCUT2D eigenvalue weighted by atomic mass is 32.2. The first-order valence-corrected chi connectivity index (χ1v) is 7.46. The lowest BCUT2D eigenvalue weighted by Gasteiger charge is -2.07. The summed E-state index contributed by atoms with van der Waals surface area (Å²) < 4.78 is 26.9. The van der Waals surface area contributed by atoms with Crippen molar-refractivity contribution in [1.29, 1.82) is 0 Å². The molecular formula is C12H12N6O2S. The van der Waals surface area contributed by atoms with Crippen LogP contribution in [0.2, 0.25) is 0 Å². The molecule has 0 fully saturated rings. The molecule has 0 spiro atoms. The van der Waals surface area contributed by atoms with E-state index in [1.165, 1.54) is 18.5 Å². The van der Waals surface area contributed by atoms with E-state index in [2.05, 4.69) is 25.3 Å². The largest absolute Gasteiger partial charge is 0.308 e. The van der Waals surface area contributed by atoms with Crippen molar-refractivity contribution in [2.24, 2.45) is 5.84 Å². The van der Waals surface area contributed by atoms with Crippen LogP contribution in [0.4, 0.5) is 11.5 Å². The van der Waals surface area contributed by atoms with Crippen molar-refractivity contribution < 1.29 is 8.42 Å². The van der Waals surface area contributed by atoms with E-state index in [-0.39, 0.29) is 4.90 Å². The van der Waals surface area contributed by atoms with Crippen molar-refractivity contribution in [2.45, 2.75) is 4.90 Å². The van der Waals surface area contributed by atoms with Gasteiger partial charge in [-0.05, 0) is 30.3 Å². The lowest BCUT2D eigenvalue weighted by molar-refractivity contribution is 0.601. The number of hydrogen-bond acceptors (Lipinski definition) is 6. The number of aromatic nitrogens is 3. The topological polar surface area (TPSA) is 126 Å². The molecule has 0 saturated heterocycles. The molecule has 0 radical (unpaired) electrons. The number of hydrogen-bond donors (Lipinski definition) is 4. The van der Waals surface area contributed by atoms with Crippen molar-refractivity contribution in [1.82, 2.24) is 15.2 Å². The molecule has 0 saturated carbocycles. The summed E-state index contributed by atoms with van der Waals surface area (Å²) >= 11 is 0. The Labute approximate surface area is 120 Å². The van der Waals surface area contributed by atoms with E-state index in [9.17, 15) is 8.42 Å². The van der Waals surface area contributed by atoms with Crippen LogP contribution in [0.25, 0.3) is 10.9 Å². The SMILES string of the molecule is NNc1ccc2cc(S(=O)(=O)Nc3cn[nH]c3)ccc2n1. The molecule has 0 aliphatic rings. The summed E-state index contributed by atoms with van der Waals surface area (Å²) in [5.41, 5.74) is 3.46. The number of nitrogens with zero attached hydrogens (tertiary/aromatic N) is 2. The summed E-state index contributed by atoms with van der Waals surface area (Å²) in [4.78, 5) is 4.37. The first-order chi connectivity index (χ1) is 10.1. The average Bonchev–Trinajstić information content (AvgIpc) is 2.98. The van der Waals surface area contributed by atoms with Crippen molar-refractivity contribution in [3.8, 4) is 0 Å². The summed E-state index contributed by atoms with van der Waals surface area (Å²) in [5.74, 6) is 5.80. The third kappa shape index (κ3) is 2.64. The van der Waals surface area contributed by atoms with Gasteiger partial charge in [-0.25, -0.2) is 19.2 Å². The van der Waals surface area contributed by atoms with Gasteiger partial charge in [0.1, 0.15) is 5.82 Å². The predicted molar refractivity (Wildman–Crippen MR) is 78.9 cm³/mol. The number of nitrogens with two attached hydrogens (primary N) is 1. The smallest absolute Gasteiger partial charge is 0.262 e. The number of nitrogens with one attached hydrogen (secondary N) is 3. The molecule has 0 aliphatic carbocycles. The van der Waals surface area contributed by atoms with Crippen molar-refractivity contribution in [2.75, 3.05) is 10.1 Å². The summed E-state index contributed by atoms with van der Waals surface area (Å²) in [6.45, 7) is 0. The lowest BCUT2D eigenvalue weighted by atomic mass is 10.2. The fourth-order valence-electron chi connectivity index (χ4n) is 1.87. The van der Waals surface area contributed by atoms with Crippen molar-refractivity contribution in [3.63, 3.8) is 0 Å². The summed E-state index contributed by atoms with van der Waals surface area (Å²) in [7, 11) is -3.67. The Balaban J connectivity index is 2.00. The van der Waals surface area contributed by atoms with Crippen LogP contribution >= 0.6 is 0 Å². The van der Waals surface area contributed by atoms with Gasteiger partial charge >= 0.3 is 0 Å². The number of anilines is 2. The number of aromatic amines is 1. The van der Waals surface area contributed by atoms with Gasteiger partial charge in [0.05, 0.1) is 22.3 Å². The Morgan fingerprint density at radius 3 is 2.76 bits per heavy atom. The zero-order valence-electron chi connectivity index (χ0n) is 10.7. The predicted octanol–water partition coefficient (Wildman–Crippen LogP) is 1.04. The maximum atomic E-state index is 12.3. The van der Waals surface area contributed by atoms with Crippen LogP contribution in [0.15, 0.2) is 47.6 Å². The molecule has 0 aliphatic heterocycles. The van der Waals surface area contributed by atoms with Gasteiger partial charge in [0.15, 0.2) is 0 Å². The van der Waals surface area contributed by atoms with Gasteiger partial charge in [-0.15, -0.1) is 0 Å². The number of H-pyrrole nitrogens is 1. The van der Waals surface area contributed by atoms with E-state index in [1.54, 1.807) is 24.3 Å². The lowest BCUT2D eigenvalue weighted by Crippen LogP contribution is -2.12. The Hall–Kier alpha value is -2.65. The number of fused-ring (bicyclic) bond motifs is 1. The number of benzene rings is 1. The van der Waals surface area contributed by atoms with Gasteiger partial charge in [0, 0.05) is 11.6 Å². The first kappa shape index (κ1) is 13.3. The molecule has 9 heteroatoms. The van der Waals surface area contributed by atoms with E-state index >= 15 is 0 Å². The zero-order chi connectivity index (χ0) is 14.9. The standard InChI is InChI=1S/C12H12N6O2S/c13-17-12-4-1-8-5-10(2-3-11(8)16-12)21(19,20)18-9-6-14-15-7-9/h1-7,18H,13H2,(H,14,15)(H,16,17). The highest BCUT2D eigenvalue weighted by molar-refractivity contribution is 7.92. The summed E-state index contributed by atoms with van der Waals surface area (Å²) in [5, 5.41) is 6.93. The minimum absolute atomic E-state index is 0.145. The summed E-state index contributed by atoms with van der Waals surface area (Å²) in [6, 6.07) is 8.07. The van der Waals surface area contributed by atoms with Gasteiger partial charge in [0.25, 0.3) is 10.0 Å². The molecule has 3 aromatic rings. The molecule has 108 valence electrons. The molecule has 3 rings (SSSR count). The molecule has 2 aromatic heterocycles. The van der Waals surface area contributed by atoms with Crippen LogP contribution in [0.5, 0.6) is 0 Å².